The molecule has 2 N–H and O–H groups in total. The maximum atomic E-state index is 11.8. The molecule has 0 aromatic carbocycles. The van der Waals surface area contributed by atoms with Crippen molar-refractivity contribution in [3.8, 4) is 0 Å². The molecule has 0 aromatic rings. The molecule has 1 aliphatic carbocycles. The molecule has 0 saturated heterocycles. The molecule has 4 heteroatoms. The van der Waals surface area contributed by atoms with Crippen molar-refractivity contribution in [1.29, 1.82) is 0 Å². The van der Waals surface area contributed by atoms with Gasteiger partial charge < -0.3 is 10.2 Å². The van der Waals surface area contributed by atoms with Gasteiger partial charge in [-0.1, -0.05) is 38.8 Å². The van der Waals surface area contributed by atoms with Crippen LogP contribution in [0.3, 0.4) is 0 Å². The van der Waals surface area contributed by atoms with Crippen LogP contribution in [-0.4, -0.2) is 22.2 Å². The molecule has 0 aliphatic heterocycles. The number of hydrogen-bond donors (Lipinski definition) is 2. The zero-order chi connectivity index (χ0) is 13.8. The Morgan fingerprint density at radius 2 is 1.28 bits per heavy atom. The first-order chi connectivity index (χ1) is 8.47. The lowest BCUT2D eigenvalue weighted by Crippen LogP contribution is -2.53. The molecule has 0 fully saturated rings. The van der Waals surface area contributed by atoms with Gasteiger partial charge in [0.15, 0.2) is 0 Å². The van der Waals surface area contributed by atoms with Crippen molar-refractivity contribution in [1.82, 2.24) is 0 Å². The second-order valence-corrected chi connectivity index (χ2v) is 5.15. The molecule has 4 nitrogen and oxygen atoms in total. The number of aliphatic carboxylic acids is 2. The molecular formula is C14H22O4. The van der Waals surface area contributed by atoms with Crippen molar-refractivity contribution in [3.05, 3.63) is 12.2 Å². The summed E-state index contributed by atoms with van der Waals surface area (Å²) in [7, 11) is 0. The van der Waals surface area contributed by atoms with Crippen LogP contribution in [0.5, 0.6) is 0 Å². The first-order valence-electron chi connectivity index (χ1n) is 6.58. The molecule has 1 rings (SSSR count). The molecule has 1 aliphatic rings. The van der Waals surface area contributed by atoms with Crippen LogP contribution < -0.4 is 0 Å². The fraction of sp³-hybridized carbons (Fsp3) is 0.714. The normalized spacial score (nSPS) is 31.2. The molecule has 102 valence electrons. The second kappa shape index (κ2) is 5.55. The van der Waals surface area contributed by atoms with Crippen LogP contribution in [0.4, 0.5) is 0 Å². The van der Waals surface area contributed by atoms with Crippen molar-refractivity contribution in [3.63, 3.8) is 0 Å². The molecule has 0 bridgehead atoms. The predicted molar refractivity (Wildman–Crippen MR) is 68.3 cm³/mol. The number of carboxylic acid groups (broad SMARTS) is 2. The number of carbonyl (C=O) groups is 2. The third-order valence-electron chi connectivity index (χ3n) is 4.19. The summed E-state index contributed by atoms with van der Waals surface area (Å²) in [6.07, 6.45) is 6.47. The average Bonchev–Trinajstić information content (AvgIpc) is 2.31. The fourth-order valence-electron chi connectivity index (χ4n) is 3.29. The molecular weight excluding hydrogens is 232 g/mol. The van der Waals surface area contributed by atoms with Gasteiger partial charge in [0.2, 0.25) is 0 Å². The zero-order valence-electron chi connectivity index (χ0n) is 11.1. The summed E-state index contributed by atoms with van der Waals surface area (Å²) in [5, 5.41) is 19.3. The van der Waals surface area contributed by atoms with Gasteiger partial charge in [0, 0.05) is 0 Å². The third-order valence-corrected chi connectivity index (χ3v) is 4.19. The van der Waals surface area contributed by atoms with Gasteiger partial charge in [-0.05, 0) is 25.7 Å². The van der Waals surface area contributed by atoms with E-state index in [4.69, 9.17) is 0 Å². The highest BCUT2D eigenvalue weighted by Crippen LogP contribution is 2.54. The Bertz CT molecular complexity index is 327. The first kappa shape index (κ1) is 14.7. The van der Waals surface area contributed by atoms with Crippen LogP contribution in [0.15, 0.2) is 12.2 Å². The predicted octanol–water partition coefficient (Wildman–Crippen LogP) is 3.08. The van der Waals surface area contributed by atoms with Crippen molar-refractivity contribution in [2.75, 3.05) is 0 Å². The lowest BCUT2D eigenvalue weighted by Gasteiger charge is -2.46. The molecule has 0 unspecified atom stereocenters. The van der Waals surface area contributed by atoms with Gasteiger partial charge in [-0.15, -0.1) is 0 Å². The first-order valence-corrected chi connectivity index (χ1v) is 6.58. The summed E-state index contributed by atoms with van der Waals surface area (Å²) in [5.41, 5.74) is -2.31. The summed E-state index contributed by atoms with van der Waals surface area (Å²) in [5.74, 6) is -1.94. The van der Waals surface area contributed by atoms with Gasteiger partial charge in [-0.25, -0.2) is 0 Å². The van der Waals surface area contributed by atoms with Crippen LogP contribution >= 0.6 is 0 Å². The lowest BCUT2D eigenvalue weighted by atomic mass is 9.54. The van der Waals surface area contributed by atoms with Gasteiger partial charge in [0.1, 0.15) is 0 Å². The molecule has 0 heterocycles. The van der Waals surface area contributed by atoms with Gasteiger partial charge in [0.05, 0.1) is 10.8 Å². The Morgan fingerprint density at radius 1 is 0.944 bits per heavy atom. The maximum Gasteiger partial charge on any atom is 0.311 e. The summed E-state index contributed by atoms with van der Waals surface area (Å²) in [6, 6.07) is 0. The summed E-state index contributed by atoms with van der Waals surface area (Å²) in [4.78, 5) is 23.5. The van der Waals surface area contributed by atoms with Crippen molar-refractivity contribution in [2.45, 2.75) is 52.4 Å². The highest BCUT2D eigenvalue weighted by molar-refractivity contribution is 5.87. The zero-order valence-corrected chi connectivity index (χ0v) is 11.1. The molecule has 0 amide bonds. The molecule has 18 heavy (non-hydrogen) atoms. The molecule has 2 atom stereocenters. The Labute approximate surface area is 108 Å². The highest BCUT2D eigenvalue weighted by Gasteiger charge is 2.60. The largest absolute Gasteiger partial charge is 0.481 e. The van der Waals surface area contributed by atoms with Crippen LogP contribution in [0.25, 0.3) is 0 Å². The summed E-state index contributed by atoms with van der Waals surface area (Å²) in [6.45, 7) is 3.81. The standard InChI is InChI=1S/C14H22O4/c1-3-7-13(11(15)16)9-5-6-10-14(13,8-4-2)12(17)18/h5-6H,3-4,7-10H2,1-2H3,(H,15,16)(H,17,18)/t13-,14-/m1/s1. The topological polar surface area (TPSA) is 74.6 Å². The smallest absolute Gasteiger partial charge is 0.311 e. The summed E-state index contributed by atoms with van der Waals surface area (Å²) >= 11 is 0. The Balaban J connectivity index is 3.36. The van der Waals surface area contributed by atoms with E-state index in [-0.39, 0.29) is 0 Å². The SMILES string of the molecule is CCC[C@]1(C(=O)O)CC=CC[C@]1(CCC)C(=O)O. The van der Waals surface area contributed by atoms with E-state index in [1.807, 2.05) is 26.0 Å². The van der Waals surface area contributed by atoms with E-state index >= 15 is 0 Å². The number of hydrogen-bond acceptors (Lipinski definition) is 2. The van der Waals surface area contributed by atoms with Gasteiger partial charge >= 0.3 is 11.9 Å². The quantitative estimate of drug-likeness (QED) is 0.714. The Kier molecular flexibility index (Phi) is 4.54. The van der Waals surface area contributed by atoms with Crippen LogP contribution in [0, 0.1) is 10.8 Å². The van der Waals surface area contributed by atoms with Gasteiger partial charge in [-0.3, -0.25) is 9.59 Å². The van der Waals surface area contributed by atoms with Crippen molar-refractivity contribution >= 4 is 11.9 Å². The van der Waals surface area contributed by atoms with Gasteiger partial charge in [0.25, 0.3) is 0 Å². The third kappa shape index (κ3) is 2.04. The lowest BCUT2D eigenvalue weighted by molar-refractivity contribution is -0.177. The molecule has 0 radical (unpaired) electrons. The number of carboxylic acids is 2. The average molecular weight is 254 g/mol. The van der Waals surface area contributed by atoms with E-state index in [1.54, 1.807) is 0 Å². The van der Waals surface area contributed by atoms with E-state index in [1.165, 1.54) is 0 Å². The highest BCUT2D eigenvalue weighted by atomic mass is 16.4. The minimum atomic E-state index is -1.15. The fourth-order valence-corrected chi connectivity index (χ4v) is 3.29. The van der Waals surface area contributed by atoms with Crippen molar-refractivity contribution in [2.24, 2.45) is 10.8 Å². The van der Waals surface area contributed by atoms with E-state index in [9.17, 15) is 19.8 Å². The Morgan fingerprint density at radius 3 is 1.50 bits per heavy atom. The van der Waals surface area contributed by atoms with Crippen LogP contribution in [0.2, 0.25) is 0 Å². The number of allylic oxidation sites excluding steroid dienone is 2. The van der Waals surface area contributed by atoms with Crippen LogP contribution in [0.1, 0.15) is 52.4 Å². The van der Waals surface area contributed by atoms with Crippen molar-refractivity contribution < 1.29 is 19.8 Å². The molecule has 0 aromatic heterocycles. The van der Waals surface area contributed by atoms with E-state index in [0.717, 1.165) is 0 Å². The maximum absolute atomic E-state index is 11.8. The second-order valence-electron chi connectivity index (χ2n) is 5.15. The van der Waals surface area contributed by atoms with E-state index in [2.05, 4.69) is 0 Å². The minimum Gasteiger partial charge on any atom is -0.481 e. The minimum absolute atomic E-state index is 0.322. The van der Waals surface area contributed by atoms with E-state index < -0.39 is 22.8 Å². The van der Waals surface area contributed by atoms with Gasteiger partial charge in [-0.2, -0.15) is 0 Å². The van der Waals surface area contributed by atoms with Crippen LogP contribution in [-0.2, 0) is 9.59 Å². The monoisotopic (exact) mass is 254 g/mol. The number of rotatable bonds is 6. The Hall–Kier alpha value is -1.32. The van der Waals surface area contributed by atoms with E-state index in [0.29, 0.717) is 38.5 Å². The summed E-state index contributed by atoms with van der Waals surface area (Å²) < 4.78 is 0. The molecule has 0 saturated carbocycles. The molecule has 0 spiro atoms.